The van der Waals surface area contributed by atoms with Crippen molar-refractivity contribution in [3.63, 3.8) is 0 Å². The Morgan fingerprint density at radius 1 is 1.26 bits per heavy atom. The maximum atomic E-state index is 10.7. The summed E-state index contributed by atoms with van der Waals surface area (Å²) in [5.74, 6) is 0. The largest absolute Gasteiger partial charge is 0.392 e. The van der Waals surface area contributed by atoms with Crippen molar-refractivity contribution in [2.24, 2.45) is 16.6 Å². The molecule has 1 saturated carbocycles. The zero-order chi connectivity index (χ0) is 13.9. The van der Waals surface area contributed by atoms with Gasteiger partial charge in [0.15, 0.2) is 0 Å². The summed E-state index contributed by atoms with van der Waals surface area (Å²) in [6.07, 6.45) is 9.33. The van der Waals surface area contributed by atoms with E-state index in [-0.39, 0.29) is 16.9 Å². The van der Waals surface area contributed by atoms with Gasteiger partial charge in [0.2, 0.25) is 0 Å². The van der Waals surface area contributed by atoms with E-state index in [9.17, 15) is 5.11 Å². The van der Waals surface area contributed by atoms with Crippen molar-refractivity contribution in [2.45, 2.75) is 77.4 Å². The lowest BCUT2D eigenvalue weighted by molar-refractivity contribution is -0.0941. The van der Waals surface area contributed by atoms with Gasteiger partial charge in [0, 0.05) is 18.6 Å². The normalized spacial score (nSPS) is 38.5. The molecule has 19 heavy (non-hydrogen) atoms. The van der Waals surface area contributed by atoms with Gasteiger partial charge in [-0.3, -0.25) is 0 Å². The Morgan fingerprint density at radius 3 is 2.68 bits per heavy atom. The predicted octanol–water partition coefficient (Wildman–Crippen LogP) is 2.85. The third-order valence-electron chi connectivity index (χ3n) is 5.45. The fourth-order valence-corrected chi connectivity index (χ4v) is 4.13. The van der Waals surface area contributed by atoms with Crippen LogP contribution in [0.4, 0.5) is 0 Å². The minimum Gasteiger partial charge on any atom is -0.392 e. The molecule has 3 heteroatoms. The van der Waals surface area contributed by atoms with Crippen molar-refractivity contribution >= 4 is 0 Å². The summed E-state index contributed by atoms with van der Waals surface area (Å²) in [5.41, 5.74) is 6.01. The van der Waals surface area contributed by atoms with Crippen molar-refractivity contribution in [1.82, 2.24) is 0 Å². The highest BCUT2D eigenvalue weighted by atomic mass is 16.5. The topological polar surface area (TPSA) is 55.5 Å². The summed E-state index contributed by atoms with van der Waals surface area (Å²) in [6.45, 7) is 5.91. The van der Waals surface area contributed by atoms with Crippen LogP contribution in [0.25, 0.3) is 0 Å². The number of aliphatic hydroxyl groups excluding tert-OH is 1. The van der Waals surface area contributed by atoms with Gasteiger partial charge in [-0.2, -0.15) is 0 Å². The van der Waals surface area contributed by atoms with E-state index >= 15 is 0 Å². The van der Waals surface area contributed by atoms with Gasteiger partial charge >= 0.3 is 0 Å². The molecule has 0 bridgehead atoms. The zero-order valence-corrected chi connectivity index (χ0v) is 12.7. The zero-order valence-electron chi connectivity index (χ0n) is 12.7. The molecule has 112 valence electrons. The molecule has 0 spiro atoms. The molecule has 0 aromatic rings. The summed E-state index contributed by atoms with van der Waals surface area (Å²) in [6, 6.07) is 0. The van der Waals surface area contributed by atoms with Gasteiger partial charge in [0.1, 0.15) is 0 Å². The lowest BCUT2D eigenvalue weighted by Crippen LogP contribution is -2.52. The summed E-state index contributed by atoms with van der Waals surface area (Å²) in [7, 11) is 0. The molecule has 0 aromatic heterocycles. The second-order valence-corrected chi connectivity index (χ2v) is 7.34. The van der Waals surface area contributed by atoms with Crippen LogP contribution in [0.15, 0.2) is 0 Å². The van der Waals surface area contributed by atoms with Crippen LogP contribution in [0.1, 0.15) is 65.2 Å². The number of hydrogen-bond acceptors (Lipinski definition) is 3. The first-order valence-electron chi connectivity index (χ1n) is 8.00. The van der Waals surface area contributed by atoms with E-state index in [2.05, 4.69) is 13.8 Å². The SMILES string of the molecule is CC1(C)CCCC(CN)(CCCC2CCCO2)C1O. The third kappa shape index (κ3) is 3.32. The number of nitrogens with two attached hydrogens (primary N) is 1. The van der Waals surface area contributed by atoms with Crippen molar-refractivity contribution in [2.75, 3.05) is 13.2 Å². The van der Waals surface area contributed by atoms with E-state index in [1.54, 1.807) is 0 Å². The fourth-order valence-electron chi connectivity index (χ4n) is 4.13. The average molecular weight is 269 g/mol. The van der Waals surface area contributed by atoms with Gasteiger partial charge in [-0.1, -0.05) is 26.7 Å². The molecule has 3 unspecified atom stereocenters. The molecule has 0 radical (unpaired) electrons. The molecule has 0 aromatic carbocycles. The van der Waals surface area contributed by atoms with E-state index in [4.69, 9.17) is 10.5 Å². The second-order valence-electron chi connectivity index (χ2n) is 7.34. The molecule has 1 aliphatic heterocycles. The Hall–Kier alpha value is -0.120. The molecule has 2 fully saturated rings. The molecule has 3 atom stereocenters. The molecule has 3 N–H and O–H groups in total. The Morgan fingerprint density at radius 2 is 2.05 bits per heavy atom. The predicted molar refractivity (Wildman–Crippen MR) is 78.0 cm³/mol. The first-order chi connectivity index (χ1) is 9.00. The lowest BCUT2D eigenvalue weighted by atomic mass is 9.59. The molecule has 3 nitrogen and oxygen atoms in total. The smallest absolute Gasteiger partial charge is 0.0659 e. The molecular weight excluding hydrogens is 238 g/mol. The second kappa shape index (κ2) is 6.11. The highest BCUT2D eigenvalue weighted by Crippen LogP contribution is 2.48. The lowest BCUT2D eigenvalue weighted by Gasteiger charge is -2.49. The maximum Gasteiger partial charge on any atom is 0.0659 e. The minimum absolute atomic E-state index is 0.0154. The van der Waals surface area contributed by atoms with Crippen LogP contribution in [0.5, 0.6) is 0 Å². The quantitative estimate of drug-likeness (QED) is 0.807. The first-order valence-corrected chi connectivity index (χ1v) is 8.00. The Kier molecular flexibility index (Phi) is 4.91. The van der Waals surface area contributed by atoms with Gasteiger partial charge in [-0.15, -0.1) is 0 Å². The Labute approximate surface area is 117 Å². The highest BCUT2D eigenvalue weighted by molar-refractivity contribution is 4.98. The average Bonchev–Trinajstić information content (AvgIpc) is 2.88. The fraction of sp³-hybridized carbons (Fsp3) is 1.00. The first kappa shape index (κ1) is 15.3. The summed E-state index contributed by atoms with van der Waals surface area (Å²) >= 11 is 0. The van der Waals surface area contributed by atoms with E-state index in [0.29, 0.717) is 12.6 Å². The van der Waals surface area contributed by atoms with E-state index in [1.165, 1.54) is 19.3 Å². The van der Waals surface area contributed by atoms with Crippen molar-refractivity contribution in [1.29, 1.82) is 0 Å². The van der Waals surface area contributed by atoms with Gasteiger partial charge in [-0.05, 0) is 43.9 Å². The molecule has 2 aliphatic rings. The van der Waals surface area contributed by atoms with Crippen molar-refractivity contribution in [3.05, 3.63) is 0 Å². The van der Waals surface area contributed by atoms with Gasteiger partial charge in [0.05, 0.1) is 12.2 Å². The van der Waals surface area contributed by atoms with Crippen LogP contribution in [0, 0.1) is 10.8 Å². The number of hydrogen-bond donors (Lipinski definition) is 2. The van der Waals surface area contributed by atoms with Gasteiger partial charge in [0.25, 0.3) is 0 Å². The van der Waals surface area contributed by atoms with E-state index < -0.39 is 0 Å². The van der Waals surface area contributed by atoms with Crippen LogP contribution in [0.3, 0.4) is 0 Å². The Balaban J connectivity index is 1.89. The van der Waals surface area contributed by atoms with E-state index in [1.807, 2.05) is 0 Å². The summed E-state index contributed by atoms with van der Waals surface area (Å²) in [4.78, 5) is 0. The molecule has 1 heterocycles. The third-order valence-corrected chi connectivity index (χ3v) is 5.45. The van der Waals surface area contributed by atoms with Crippen LogP contribution in [-0.4, -0.2) is 30.5 Å². The summed E-state index contributed by atoms with van der Waals surface area (Å²) < 4.78 is 5.68. The van der Waals surface area contributed by atoms with Crippen LogP contribution in [-0.2, 0) is 4.74 Å². The van der Waals surface area contributed by atoms with E-state index in [0.717, 1.165) is 38.7 Å². The molecule has 1 saturated heterocycles. The molecule has 2 rings (SSSR count). The number of ether oxygens (including phenoxy) is 1. The maximum absolute atomic E-state index is 10.7. The monoisotopic (exact) mass is 269 g/mol. The Bertz CT molecular complexity index is 286. The summed E-state index contributed by atoms with van der Waals surface area (Å²) in [5, 5.41) is 10.7. The van der Waals surface area contributed by atoms with Crippen molar-refractivity contribution in [3.8, 4) is 0 Å². The molecule has 1 aliphatic carbocycles. The molecule has 0 amide bonds. The van der Waals surface area contributed by atoms with Crippen LogP contribution in [0.2, 0.25) is 0 Å². The van der Waals surface area contributed by atoms with Crippen LogP contribution < -0.4 is 5.73 Å². The number of aliphatic hydroxyl groups is 1. The number of rotatable bonds is 5. The van der Waals surface area contributed by atoms with Crippen LogP contribution >= 0.6 is 0 Å². The molecular formula is C16H31NO2. The standard InChI is InChI=1S/C16H31NO2/c1-15(2)8-5-10-16(12-17,14(15)18)9-3-6-13-7-4-11-19-13/h13-14,18H,3-12,17H2,1-2H3. The van der Waals surface area contributed by atoms with Gasteiger partial charge in [-0.25, -0.2) is 0 Å². The highest BCUT2D eigenvalue weighted by Gasteiger charge is 2.47. The minimum atomic E-state index is -0.261. The van der Waals surface area contributed by atoms with Crippen molar-refractivity contribution < 1.29 is 9.84 Å². The van der Waals surface area contributed by atoms with Gasteiger partial charge < -0.3 is 15.6 Å².